The first-order valence-corrected chi connectivity index (χ1v) is 5.07. The van der Waals surface area contributed by atoms with Gasteiger partial charge in [-0.15, -0.1) is 0 Å². The van der Waals surface area contributed by atoms with Crippen molar-refractivity contribution >= 4 is 5.82 Å². The maximum atomic E-state index is 5.96. The van der Waals surface area contributed by atoms with Crippen LogP contribution in [0.25, 0.3) is 0 Å². The molecular weight excluding hydrogens is 192 g/mol. The number of nitrogens with two attached hydrogens (primary N) is 1. The molecule has 2 N–H and O–H groups in total. The second kappa shape index (κ2) is 4.02. The normalized spacial score (nSPS) is 25.7. The van der Waals surface area contributed by atoms with Crippen LogP contribution in [-0.2, 0) is 0 Å². The molecule has 2 atom stereocenters. The standard InChI is InChI=1S/C10H16N4O/c1-7-4-14(5-8(7)11)9-3-10(15-2)13-6-12-9/h3,6-8H,4-5,11H2,1-2H3. The summed E-state index contributed by atoms with van der Waals surface area (Å²) in [4.78, 5) is 10.4. The first-order chi connectivity index (χ1) is 7.20. The van der Waals surface area contributed by atoms with Gasteiger partial charge >= 0.3 is 0 Å². The summed E-state index contributed by atoms with van der Waals surface area (Å²) in [5.74, 6) is 1.99. The Hall–Kier alpha value is -1.36. The summed E-state index contributed by atoms with van der Waals surface area (Å²) >= 11 is 0. The highest BCUT2D eigenvalue weighted by Gasteiger charge is 2.27. The molecule has 0 radical (unpaired) electrons. The van der Waals surface area contributed by atoms with Crippen molar-refractivity contribution in [1.29, 1.82) is 0 Å². The summed E-state index contributed by atoms with van der Waals surface area (Å²) in [6.07, 6.45) is 1.52. The van der Waals surface area contributed by atoms with E-state index in [2.05, 4.69) is 21.8 Å². The van der Waals surface area contributed by atoms with E-state index >= 15 is 0 Å². The molecule has 1 aliphatic rings. The van der Waals surface area contributed by atoms with Crippen LogP contribution >= 0.6 is 0 Å². The highest BCUT2D eigenvalue weighted by atomic mass is 16.5. The van der Waals surface area contributed by atoms with E-state index in [1.165, 1.54) is 6.33 Å². The van der Waals surface area contributed by atoms with Crippen LogP contribution in [0.3, 0.4) is 0 Å². The molecule has 1 saturated heterocycles. The van der Waals surface area contributed by atoms with Crippen LogP contribution in [-0.4, -0.2) is 36.2 Å². The third kappa shape index (κ3) is 2.02. The van der Waals surface area contributed by atoms with Gasteiger partial charge in [-0.2, -0.15) is 0 Å². The van der Waals surface area contributed by atoms with Crippen LogP contribution in [0.5, 0.6) is 5.88 Å². The summed E-state index contributed by atoms with van der Waals surface area (Å²) in [5.41, 5.74) is 5.96. The highest BCUT2D eigenvalue weighted by molar-refractivity contribution is 5.42. The second-order valence-corrected chi connectivity index (χ2v) is 3.96. The second-order valence-electron chi connectivity index (χ2n) is 3.96. The van der Waals surface area contributed by atoms with Gasteiger partial charge in [0.1, 0.15) is 12.1 Å². The van der Waals surface area contributed by atoms with Gasteiger partial charge in [0.05, 0.1) is 7.11 Å². The zero-order chi connectivity index (χ0) is 10.8. The topological polar surface area (TPSA) is 64.3 Å². The molecule has 5 nitrogen and oxygen atoms in total. The van der Waals surface area contributed by atoms with E-state index < -0.39 is 0 Å². The lowest BCUT2D eigenvalue weighted by Crippen LogP contribution is -2.28. The molecule has 15 heavy (non-hydrogen) atoms. The molecule has 0 aromatic carbocycles. The summed E-state index contributed by atoms with van der Waals surface area (Å²) in [6, 6.07) is 2.07. The summed E-state index contributed by atoms with van der Waals surface area (Å²) < 4.78 is 5.06. The number of aromatic nitrogens is 2. The predicted octanol–water partition coefficient (Wildman–Crippen LogP) is 0.269. The maximum absolute atomic E-state index is 5.96. The molecule has 0 aliphatic carbocycles. The van der Waals surface area contributed by atoms with E-state index in [1.807, 2.05) is 6.07 Å². The first kappa shape index (κ1) is 10.2. The van der Waals surface area contributed by atoms with Gasteiger partial charge in [-0.25, -0.2) is 9.97 Å². The summed E-state index contributed by atoms with van der Waals surface area (Å²) in [5, 5.41) is 0. The average molecular weight is 208 g/mol. The third-order valence-corrected chi connectivity index (χ3v) is 2.83. The SMILES string of the molecule is COc1cc(N2CC(C)C(N)C2)ncn1. The molecule has 1 aromatic rings. The van der Waals surface area contributed by atoms with E-state index in [1.54, 1.807) is 7.11 Å². The molecule has 82 valence electrons. The molecule has 2 rings (SSSR count). The number of hydrogen-bond acceptors (Lipinski definition) is 5. The number of hydrogen-bond donors (Lipinski definition) is 1. The fourth-order valence-corrected chi connectivity index (χ4v) is 1.79. The lowest BCUT2D eigenvalue weighted by atomic mass is 10.1. The fraction of sp³-hybridized carbons (Fsp3) is 0.600. The van der Waals surface area contributed by atoms with Gasteiger partial charge in [0.15, 0.2) is 0 Å². The molecule has 2 unspecified atom stereocenters. The molecule has 1 aromatic heterocycles. The number of ether oxygens (including phenoxy) is 1. The van der Waals surface area contributed by atoms with Gasteiger partial charge in [0.25, 0.3) is 0 Å². The van der Waals surface area contributed by atoms with Crippen molar-refractivity contribution in [3.63, 3.8) is 0 Å². The Morgan fingerprint density at radius 1 is 1.47 bits per heavy atom. The van der Waals surface area contributed by atoms with Gasteiger partial charge in [-0.3, -0.25) is 0 Å². The van der Waals surface area contributed by atoms with Crippen molar-refractivity contribution in [1.82, 2.24) is 9.97 Å². The zero-order valence-electron chi connectivity index (χ0n) is 9.05. The van der Waals surface area contributed by atoms with Gasteiger partial charge in [-0.05, 0) is 5.92 Å². The van der Waals surface area contributed by atoms with E-state index in [4.69, 9.17) is 10.5 Å². The largest absolute Gasteiger partial charge is 0.481 e. The van der Waals surface area contributed by atoms with Crippen molar-refractivity contribution in [3.8, 4) is 5.88 Å². The van der Waals surface area contributed by atoms with Crippen LogP contribution in [0.4, 0.5) is 5.82 Å². The van der Waals surface area contributed by atoms with Gasteiger partial charge in [0.2, 0.25) is 5.88 Å². The van der Waals surface area contributed by atoms with Gasteiger partial charge < -0.3 is 15.4 Å². The first-order valence-electron chi connectivity index (χ1n) is 5.07. The smallest absolute Gasteiger partial charge is 0.218 e. The average Bonchev–Trinajstić information content (AvgIpc) is 2.59. The zero-order valence-corrected chi connectivity index (χ0v) is 9.05. The van der Waals surface area contributed by atoms with E-state index in [0.29, 0.717) is 11.8 Å². The van der Waals surface area contributed by atoms with E-state index in [9.17, 15) is 0 Å². The Labute approximate surface area is 89.3 Å². The Morgan fingerprint density at radius 3 is 2.87 bits per heavy atom. The van der Waals surface area contributed by atoms with E-state index in [0.717, 1.165) is 18.9 Å². The monoisotopic (exact) mass is 208 g/mol. The van der Waals surface area contributed by atoms with Crippen molar-refractivity contribution < 1.29 is 4.74 Å². The fourth-order valence-electron chi connectivity index (χ4n) is 1.79. The van der Waals surface area contributed by atoms with Gasteiger partial charge in [-0.1, -0.05) is 6.92 Å². The number of nitrogens with zero attached hydrogens (tertiary/aromatic N) is 3. The van der Waals surface area contributed by atoms with Crippen LogP contribution in [0.2, 0.25) is 0 Å². The molecule has 1 aliphatic heterocycles. The maximum Gasteiger partial charge on any atom is 0.218 e. The number of methoxy groups -OCH3 is 1. The van der Waals surface area contributed by atoms with Crippen molar-refractivity contribution in [2.75, 3.05) is 25.1 Å². The highest BCUT2D eigenvalue weighted by Crippen LogP contribution is 2.22. The third-order valence-electron chi connectivity index (χ3n) is 2.83. The number of rotatable bonds is 2. The Balaban J connectivity index is 2.16. The predicted molar refractivity (Wildman–Crippen MR) is 57.9 cm³/mol. The Kier molecular flexibility index (Phi) is 2.73. The quantitative estimate of drug-likeness (QED) is 0.755. The minimum atomic E-state index is 0.228. The molecule has 2 heterocycles. The van der Waals surface area contributed by atoms with Gasteiger partial charge in [0, 0.05) is 25.2 Å². The van der Waals surface area contributed by atoms with Crippen molar-refractivity contribution in [2.45, 2.75) is 13.0 Å². The summed E-state index contributed by atoms with van der Waals surface area (Å²) in [7, 11) is 1.60. The summed E-state index contributed by atoms with van der Waals surface area (Å²) in [6.45, 7) is 3.95. The lowest BCUT2D eigenvalue weighted by Gasteiger charge is -2.16. The van der Waals surface area contributed by atoms with Crippen LogP contribution in [0, 0.1) is 5.92 Å². The number of anilines is 1. The molecule has 0 amide bonds. The molecule has 0 saturated carbocycles. The molecule has 1 fully saturated rings. The molecular formula is C10H16N4O. The Bertz CT molecular complexity index is 334. The lowest BCUT2D eigenvalue weighted by molar-refractivity contribution is 0.397. The van der Waals surface area contributed by atoms with Crippen molar-refractivity contribution in [3.05, 3.63) is 12.4 Å². The van der Waals surface area contributed by atoms with E-state index in [-0.39, 0.29) is 6.04 Å². The van der Waals surface area contributed by atoms with Crippen LogP contribution < -0.4 is 15.4 Å². The minimum Gasteiger partial charge on any atom is -0.481 e. The minimum absolute atomic E-state index is 0.228. The molecule has 0 bridgehead atoms. The molecule has 0 spiro atoms. The van der Waals surface area contributed by atoms with Crippen molar-refractivity contribution in [2.24, 2.45) is 11.7 Å². The van der Waals surface area contributed by atoms with Crippen LogP contribution in [0.15, 0.2) is 12.4 Å². The molecule has 5 heteroatoms. The van der Waals surface area contributed by atoms with Crippen LogP contribution in [0.1, 0.15) is 6.92 Å². The Morgan fingerprint density at radius 2 is 2.27 bits per heavy atom.